The number of hydrogen-bond donors (Lipinski definition) is 0. The zero-order valence-electron chi connectivity index (χ0n) is 16.6. The fourth-order valence-corrected chi connectivity index (χ4v) is 4.50. The first-order chi connectivity index (χ1) is 13.4. The van der Waals surface area contributed by atoms with Crippen molar-refractivity contribution in [3.8, 4) is 6.07 Å². The summed E-state index contributed by atoms with van der Waals surface area (Å²) in [6.07, 6.45) is 0. The highest BCUT2D eigenvalue weighted by Crippen LogP contribution is 2.40. The fourth-order valence-electron chi connectivity index (χ4n) is 4.50. The molecular weight excluding hydrogens is 342 g/mol. The van der Waals surface area contributed by atoms with Gasteiger partial charge in [-0.15, -0.1) is 0 Å². The molecule has 1 heterocycles. The normalized spacial score (nSPS) is 12.2. The van der Waals surface area contributed by atoms with Crippen LogP contribution in [0, 0.1) is 18.3 Å². The summed E-state index contributed by atoms with van der Waals surface area (Å²) in [5.41, 5.74) is 5.13. The number of rotatable bonds is 0. The van der Waals surface area contributed by atoms with Gasteiger partial charge in [0.2, 0.25) is 0 Å². The van der Waals surface area contributed by atoms with E-state index in [1.165, 1.54) is 21.9 Å². The number of fused-ring (bicyclic) bond motifs is 6. The molecule has 5 aromatic rings. The van der Waals surface area contributed by atoms with E-state index in [1.54, 1.807) is 0 Å². The predicted molar refractivity (Wildman–Crippen MR) is 117 cm³/mol. The van der Waals surface area contributed by atoms with Crippen molar-refractivity contribution in [3.63, 3.8) is 0 Å². The van der Waals surface area contributed by atoms with Crippen molar-refractivity contribution < 1.29 is 4.42 Å². The number of aryl methyl sites for hydroxylation is 1. The second-order valence-electron chi connectivity index (χ2n) is 8.67. The largest absolute Gasteiger partial charge is 0.456 e. The maximum atomic E-state index is 9.18. The van der Waals surface area contributed by atoms with Crippen LogP contribution >= 0.6 is 0 Å². The lowest BCUT2D eigenvalue weighted by Gasteiger charge is -2.21. The molecule has 1 aromatic heterocycles. The van der Waals surface area contributed by atoms with Crippen LogP contribution < -0.4 is 0 Å². The van der Waals surface area contributed by atoms with Crippen LogP contribution in [0.5, 0.6) is 0 Å². The topological polar surface area (TPSA) is 36.9 Å². The third-order valence-electron chi connectivity index (χ3n) is 5.68. The van der Waals surface area contributed by atoms with E-state index in [2.05, 4.69) is 70.2 Å². The third kappa shape index (κ3) is 2.33. The van der Waals surface area contributed by atoms with Crippen LogP contribution in [-0.2, 0) is 5.41 Å². The van der Waals surface area contributed by atoms with Gasteiger partial charge in [0.25, 0.3) is 0 Å². The van der Waals surface area contributed by atoms with Crippen LogP contribution in [0.15, 0.2) is 59.0 Å². The highest BCUT2D eigenvalue weighted by Gasteiger charge is 2.23. The average molecular weight is 363 g/mol. The molecule has 2 heteroatoms. The zero-order valence-corrected chi connectivity index (χ0v) is 16.6. The molecule has 0 radical (unpaired) electrons. The molecule has 0 aliphatic carbocycles. The molecule has 5 rings (SSSR count). The molecule has 0 aliphatic rings. The van der Waals surface area contributed by atoms with Crippen molar-refractivity contribution >= 4 is 43.5 Å². The van der Waals surface area contributed by atoms with Crippen molar-refractivity contribution in [3.05, 3.63) is 71.3 Å². The quantitative estimate of drug-likeness (QED) is 0.269. The lowest BCUT2D eigenvalue weighted by atomic mass is 9.83. The van der Waals surface area contributed by atoms with E-state index < -0.39 is 0 Å². The van der Waals surface area contributed by atoms with Gasteiger partial charge in [0, 0.05) is 16.3 Å². The Morgan fingerprint density at radius 3 is 2.21 bits per heavy atom. The van der Waals surface area contributed by atoms with Crippen molar-refractivity contribution in [1.29, 1.82) is 5.26 Å². The van der Waals surface area contributed by atoms with Crippen molar-refractivity contribution in [1.82, 2.24) is 0 Å². The standard InChI is InChI=1S/C26H21NO/c1-15-5-9-20-22-12-18-8-7-17-11-16(14-27)6-10-19(17)21(18)13-23(22)28-25(20)24(15)26(2,3)4/h5-13H,1-4H3. The Kier molecular flexibility index (Phi) is 3.36. The number of furan rings is 1. The first-order valence-electron chi connectivity index (χ1n) is 9.60. The maximum Gasteiger partial charge on any atom is 0.139 e. The van der Waals surface area contributed by atoms with Crippen LogP contribution in [0.4, 0.5) is 0 Å². The van der Waals surface area contributed by atoms with Gasteiger partial charge in [0.05, 0.1) is 11.6 Å². The summed E-state index contributed by atoms with van der Waals surface area (Å²) in [5, 5.41) is 16.1. The van der Waals surface area contributed by atoms with E-state index >= 15 is 0 Å². The number of nitriles is 1. The summed E-state index contributed by atoms with van der Waals surface area (Å²) in [6, 6.07) is 21.1. The minimum absolute atomic E-state index is 0.0112. The number of hydrogen-bond acceptors (Lipinski definition) is 2. The molecule has 0 aliphatic heterocycles. The summed E-state index contributed by atoms with van der Waals surface area (Å²) in [6.45, 7) is 8.86. The second-order valence-corrected chi connectivity index (χ2v) is 8.67. The van der Waals surface area contributed by atoms with Gasteiger partial charge in [0.15, 0.2) is 0 Å². The summed E-state index contributed by atoms with van der Waals surface area (Å²) in [4.78, 5) is 0. The van der Waals surface area contributed by atoms with Crippen LogP contribution in [0.1, 0.15) is 37.5 Å². The molecule has 4 aromatic carbocycles. The van der Waals surface area contributed by atoms with Gasteiger partial charge in [-0.25, -0.2) is 0 Å². The molecule has 0 saturated heterocycles. The van der Waals surface area contributed by atoms with E-state index in [4.69, 9.17) is 4.42 Å². The van der Waals surface area contributed by atoms with Gasteiger partial charge < -0.3 is 4.42 Å². The van der Waals surface area contributed by atoms with Gasteiger partial charge in [0.1, 0.15) is 11.2 Å². The van der Waals surface area contributed by atoms with Crippen LogP contribution in [0.2, 0.25) is 0 Å². The lowest BCUT2D eigenvalue weighted by molar-refractivity contribution is 0.569. The third-order valence-corrected chi connectivity index (χ3v) is 5.68. The minimum atomic E-state index is 0.0112. The second kappa shape index (κ2) is 5.59. The summed E-state index contributed by atoms with van der Waals surface area (Å²) < 4.78 is 6.44. The Morgan fingerprint density at radius 1 is 0.786 bits per heavy atom. The predicted octanol–water partition coefficient (Wildman–Crippen LogP) is 7.37. The first-order valence-corrected chi connectivity index (χ1v) is 9.60. The Labute approximate surface area is 164 Å². The average Bonchev–Trinajstić information content (AvgIpc) is 3.01. The van der Waals surface area contributed by atoms with Gasteiger partial charge in [-0.3, -0.25) is 0 Å². The number of nitrogens with zero attached hydrogens (tertiary/aromatic N) is 1. The summed E-state index contributed by atoms with van der Waals surface area (Å²) >= 11 is 0. The van der Waals surface area contributed by atoms with Gasteiger partial charge >= 0.3 is 0 Å². The van der Waals surface area contributed by atoms with Crippen LogP contribution in [-0.4, -0.2) is 0 Å². The smallest absolute Gasteiger partial charge is 0.139 e. The fraction of sp³-hybridized carbons (Fsp3) is 0.192. The molecular formula is C26H21NO. The Balaban J connectivity index is 1.91. The molecule has 0 unspecified atom stereocenters. The molecule has 0 atom stereocenters. The van der Waals surface area contributed by atoms with Crippen molar-refractivity contribution in [2.24, 2.45) is 0 Å². The van der Waals surface area contributed by atoms with Crippen LogP contribution in [0.25, 0.3) is 43.5 Å². The molecule has 0 saturated carbocycles. The molecule has 2 nitrogen and oxygen atoms in total. The van der Waals surface area contributed by atoms with E-state index in [0.717, 1.165) is 32.7 Å². The van der Waals surface area contributed by atoms with E-state index in [-0.39, 0.29) is 5.41 Å². The zero-order chi connectivity index (χ0) is 19.6. The lowest BCUT2D eigenvalue weighted by Crippen LogP contribution is -2.13. The SMILES string of the molecule is Cc1ccc2c(oc3cc4c(ccc5cc(C#N)ccc54)cc32)c1C(C)(C)C. The van der Waals surface area contributed by atoms with E-state index in [9.17, 15) is 5.26 Å². The molecule has 0 N–H and O–H groups in total. The summed E-state index contributed by atoms with van der Waals surface area (Å²) in [7, 11) is 0. The van der Waals surface area contributed by atoms with Gasteiger partial charge in [-0.1, -0.05) is 51.1 Å². The van der Waals surface area contributed by atoms with Crippen LogP contribution in [0.3, 0.4) is 0 Å². The Bertz CT molecular complexity index is 1460. The molecule has 0 bridgehead atoms. The first kappa shape index (κ1) is 16.8. The molecule has 0 fully saturated rings. The summed E-state index contributed by atoms with van der Waals surface area (Å²) in [5.74, 6) is 0. The minimum Gasteiger partial charge on any atom is -0.456 e. The maximum absolute atomic E-state index is 9.18. The monoisotopic (exact) mass is 363 g/mol. The van der Waals surface area contributed by atoms with E-state index in [0.29, 0.717) is 5.56 Å². The molecule has 136 valence electrons. The van der Waals surface area contributed by atoms with Crippen molar-refractivity contribution in [2.75, 3.05) is 0 Å². The highest BCUT2D eigenvalue weighted by molar-refractivity contribution is 6.16. The molecule has 28 heavy (non-hydrogen) atoms. The van der Waals surface area contributed by atoms with Crippen molar-refractivity contribution in [2.45, 2.75) is 33.1 Å². The number of benzene rings is 4. The Morgan fingerprint density at radius 2 is 1.50 bits per heavy atom. The highest BCUT2D eigenvalue weighted by atomic mass is 16.3. The van der Waals surface area contributed by atoms with Gasteiger partial charge in [-0.05, 0) is 63.7 Å². The Hall–Kier alpha value is -3.31. The molecule has 0 spiro atoms. The molecule has 0 amide bonds. The van der Waals surface area contributed by atoms with Gasteiger partial charge in [-0.2, -0.15) is 5.26 Å². The van der Waals surface area contributed by atoms with E-state index in [1.807, 2.05) is 18.2 Å².